The van der Waals surface area contributed by atoms with Crippen LogP contribution in [0.1, 0.15) is 27.5 Å². The molecule has 8 nitrogen and oxygen atoms in total. The number of aliphatic carboxylic acids is 1. The molecular formula is C22H17F4N3O5. The van der Waals surface area contributed by atoms with Gasteiger partial charge in [0.05, 0.1) is 22.8 Å². The lowest BCUT2D eigenvalue weighted by Gasteiger charge is -2.36. The second-order valence-corrected chi connectivity index (χ2v) is 7.81. The van der Waals surface area contributed by atoms with Crippen LogP contribution in [0, 0.1) is 5.82 Å². The predicted molar refractivity (Wildman–Crippen MR) is 113 cm³/mol. The number of hydrogen-bond donors (Lipinski definition) is 3. The summed E-state index contributed by atoms with van der Waals surface area (Å²) in [5.41, 5.74) is -2.08. The average Bonchev–Trinajstić information content (AvgIpc) is 2.76. The lowest BCUT2D eigenvalue weighted by Crippen LogP contribution is -2.42. The molecular weight excluding hydrogens is 462 g/mol. The van der Waals surface area contributed by atoms with Crippen molar-refractivity contribution in [3.63, 3.8) is 0 Å². The van der Waals surface area contributed by atoms with Crippen molar-refractivity contribution in [1.82, 2.24) is 9.88 Å². The first-order valence-electron chi connectivity index (χ1n) is 9.89. The lowest BCUT2D eigenvalue weighted by molar-refractivity contribution is -0.138. The number of aromatic nitrogens is 1. The molecule has 0 radical (unpaired) electrons. The summed E-state index contributed by atoms with van der Waals surface area (Å²) in [5.74, 6) is -4.18. The third-order valence-electron chi connectivity index (χ3n) is 5.64. The minimum Gasteiger partial charge on any atom is -0.506 e. The summed E-state index contributed by atoms with van der Waals surface area (Å²) in [7, 11) is 1.59. The zero-order valence-corrected chi connectivity index (χ0v) is 17.5. The molecule has 1 aliphatic heterocycles. The van der Waals surface area contributed by atoms with Crippen LogP contribution in [0.3, 0.4) is 0 Å². The molecule has 2 heterocycles. The number of nitrogens with one attached hydrogen (secondary N) is 1. The first kappa shape index (κ1) is 23.1. The fourth-order valence-corrected chi connectivity index (χ4v) is 4.10. The minimum absolute atomic E-state index is 0.0395. The zero-order valence-electron chi connectivity index (χ0n) is 17.5. The second-order valence-electron chi connectivity index (χ2n) is 7.81. The van der Waals surface area contributed by atoms with Crippen molar-refractivity contribution in [3.8, 4) is 5.75 Å². The largest absolute Gasteiger partial charge is 0.506 e. The van der Waals surface area contributed by atoms with Crippen molar-refractivity contribution >= 4 is 28.5 Å². The third kappa shape index (κ3) is 3.80. The van der Waals surface area contributed by atoms with E-state index in [2.05, 4.69) is 0 Å². The van der Waals surface area contributed by atoms with Gasteiger partial charge in [-0.05, 0) is 29.8 Å². The van der Waals surface area contributed by atoms with Gasteiger partial charge < -0.3 is 20.4 Å². The summed E-state index contributed by atoms with van der Waals surface area (Å²) in [6, 6.07) is 5.27. The molecule has 3 N–H and O–H groups in total. The molecule has 12 heteroatoms. The first-order chi connectivity index (χ1) is 15.9. The number of pyridine rings is 1. The highest BCUT2D eigenvalue weighted by molar-refractivity contribution is 6.05. The number of anilines is 1. The average molecular weight is 479 g/mol. The Bertz CT molecular complexity index is 1380. The molecule has 1 atom stereocenters. The maximum Gasteiger partial charge on any atom is 0.416 e. The van der Waals surface area contributed by atoms with Crippen molar-refractivity contribution in [1.29, 1.82) is 0 Å². The predicted octanol–water partition coefficient (Wildman–Crippen LogP) is 2.72. The highest BCUT2D eigenvalue weighted by atomic mass is 19.4. The number of benzene rings is 2. The SMILES string of the molecule is CN1CC(c2ccc(C(F)(F)F)cc2)n2c(=O)c(C(=O)NCC(=O)O)c(O)c3cc(F)cc1c32. The van der Waals surface area contributed by atoms with Crippen LogP contribution in [-0.4, -0.2) is 46.8 Å². The van der Waals surface area contributed by atoms with E-state index in [-0.39, 0.29) is 23.1 Å². The number of alkyl halides is 3. The maximum absolute atomic E-state index is 14.3. The van der Waals surface area contributed by atoms with E-state index in [4.69, 9.17) is 5.11 Å². The molecule has 4 rings (SSSR count). The highest BCUT2D eigenvalue weighted by Gasteiger charge is 2.34. The Hall–Kier alpha value is -4.09. The number of likely N-dealkylation sites (N-methyl/N-ethyl adjacent to an activating group) is 1. The number of halogens is 4. The molecule has 1 amide bonds. The van der Waals surface area contributed by atoms with Crippen LogP contribution in [-0.2, 0) is 11.0 Å². The molecule has 3 aromatic rings. The number of carbonyl (C=O) groups excluding carboxylic acids is 1. The Morgan fingerprint density at radius 3 is 2.41 bits per heavy atom. The normalized spacial score (nSPS) is 15.4. The van der Waals surface area contributed by atoms with E-state index in [0.717, 1.165) is 28.8 Å². The van der Waals surface area contributed by atoms with Crippen molar-refractivity contribution < 1.29 is 37.4 Å². The molecule has 0 aliphatic carbocycles. The molecule has 34 heavy (non-hydrogen) atoms. The summed E-state index contributed by atoms with van der Waals surface area (Å²) >= 11 is 0. The number of carboxylic acids is 1. The Morgan fingerprint density at radius 1 is 1.18 bits per heavy atom. The standard InChI is InChI=1S/C22H17F4N3O5/c1-28-9-15(10-2-4-11(5-3-10)22(24,25)26)29-18-13(6-12(23)7-14(18)28)19(32)17(21(29)34)20(33)27-8-16(30)31/h2-7,15,32H,8-9H2,1H3,(H,27,33)(H,30,31). The van der Waals surface area contributed by atoms with Crippen molar-refractivity contribution in [2.45, 2.75) is 12.2 Å². The van der Waals surface area contributed by atoms with E-state index in [1.165, 1.54) is 12.1 Å². The first-order valence-corrected chi connectivity index (χ1v) is 9.89. The summed E-state index contributed by atoms with van der Waals surface area (Å²) in [6.07, 6.45) is -4.57. The number of hydrogen-bond acceptors (Lipinski definition) is 5. The van der Waals surface area contributed by atoms with E-state index in [1.54, 1.807) is 11.9 Å². The summed E-state index contributed by atoms with van der Waals surface area (Å²) in [4.78, 5) is 38.4. The van der Waals surface area contributed by atoms with Crippen molar-refractivity contribution in [2.75, 3.05) is 25.0 Å². The van der Waals surface area contributed by atoms with Crippen LogP contribution in [0.4, 0.5) is 23.2 Å². The van der Waals surface area contributed by atoms with Crippen LogP contribution in [0.15, 0.2) is 41.2 Å². The van der Waals surface area contributed by atoms with Gasteiger partial charge in [-0.3, -0.25) is 19.0 Å². The van der Waals surface area contributed by atoms with E-state index >= 15 is 0 Å². The van der Waals surface area contributed by atoms with Crippen LogP contribution in [0.2, 0.25) is 0 Å². The summed E-state index contributed by atoms with van der Waals surface area (Å²) in [5, 5.41) is 21.3. The number of rotatable bonds is 4. The fraction of sp³-hybridized carbons (Fsp3) is 0.227. The fourth-order valence-electron chi connectivity index (χ4n) is 4.10. The topological polar surface area (TPSA) is 112 Å². The molecule has 1 unspecified atom stereocenters. The number of nitrogens with zero attached hydrogens (tertiary/aromatic N) is 2. The maximum atomic E-state index is 14.3. The van der Waals surface area contributed by atoms with Gasteiger partial charge >= 0.3 is 12.1 Å². The molecule has 0 bridgehead atoms. The Morgan fingerprint density at radius 2 is 1.82 bits per heavy atom. The van der Waals surface area contributed by atoms with Gasteiger partial charge in [-0.25, -0.2) is 4.39 Å². The second kappa shape index (κ2) is 8.04. The van der Waals surface area contributed by atoms with Gasteiger partial charge in [-0.2, -0.15) is 13.2 Å². The molecule has 0 spiro atoms. The monoisotopic (exact) mass is 479 g/mol. The lowest BCUT2D eigenvalue weighted by atomic mass is 9.98. The van der Waals surface area contributed by atoms with E-state index in [1.807, 2.05) is 5.32 Å². The molecule has 1 aromatic heterocycles. The Labute approximate surface area is 188 Å². The highest BCUT2D eigenvalue weighted by Crippen LogP contribution is 2.40. The quantitative estimate of drug-likeness (QED) is 0.497. The van der Waals surface area contributed by atoms with Crippen LogP contribution in [0.5, 0.6) is 5.75 Å². The zero-order chi connectivity index (χ0) is 24.9. The minimum atomic E-state index is -4.57. The summed E-state index contributed by atoms with van der Waals surface area (Å²) in [6.45, 7) is -0.799. The van der Waals surface area contributed by atoms with Crippen molar-refractivity contribution in [3.05, 3.63) is 69.3 Å². The number of carboxylic acid groups (broad SMARTS) is 1. The molecule has 2 aromatic carbocycles. The van der Waals surface area contributed by atoms with Crippen LogP contribution >= 0.6 is 0 Å². The smallest absolute Gasteiger partial charge is 0.416 e. The molecule has 0 saturated heterocycles. The van der Waals surface area contributed by atoms with Gasteiger partial charge in [0.1, 0.15) is 23.7 Å². The third-order valence-corrected chi connectivity index (χ3v) is 5.64. The number of amides is 1. The van der Waals surface area contributed by atoms with Gasteiger partial charge in [-0.1, -0.05) is 12.1 Å². The van der Waals surface area contributed by atoms with Gasteiger partial charge in [0.15, 0.2) is 0 Å². The van der Waals surface area contributed by atoms with Gasteiger partial charge in [-0.15, -0.1) is 0 Å². The Kier molecular flexibility index (Phi) is 5.46. The van der Waals surface area contributed by atoms with Crippen LogP contribution < -0.4 is 15.8 Å². The van der Waals surface area contributed by atoms with Crippen LogP contribution in [0.25, 0.3) is 10.9 Å². The van der Waals surface area contributed by atoms with Gasteiger partial charge in [0.2, 0.25) is 0 Å². The molecule has 0 saturated carbocycles. The Balaban J connectivity index is 1.98. The molecule has 178 valence electrons. The van der Waals surface area contributed by atoms with E-state index < -0.39 is 58.9 Å². The van der Waals surface area contributed by atoms with Crippen molar-refractivity contribution in [2.24, 2.45) is 0 Å². The number of carbonyl (C=O) groups is 2. The van der Waals surface area contributed by atoms with Gasteiger partial charge in [0.25, 0.3) is 11.5 Å². The van der Waals surface area contributed by atoms with E-state index in [9.17, 15) is 37.1 Å². The summed E-state index contributed by atoms with van der Waals surface area (Å²) < 4.78 is 54.5. The van der Waals surface area contributed by atoms with E-state index in [0.29, 0.717) is 5.56 Å². The van der Waals surface area contributed by atoms with Gasteiger partial charge in [0, 0.05) is 19.0 Å². The number of aromatic hydroxyl groups is 1. The molecule has 0 fully saturated rings. The molecule has 1 aliphatic rings.